The molecule has 0 spiro atoms. The number of rotatable bonds is 4. The van der Waals surface area contributed by atoms with Gasteiger partial charge in [0.1, 0.15) is 4.90 Å². The molecule has 0 heterocycles. The maximum absolute atomic E-state index is 12.2. The molecule has 2 rings (SSSR count). The number of hydrogen-bond donors (Lipinski definition) is 0. The fourth-order valence-corrected chi connectivity index (χ4v) is 3.90. The molecule has 0 N–H and O–H groups in total. The number of benzene rings is 2. The van der Waals surface area contributed by atoms with Crippen molar-refractivity contribution in [2.45, 2.75) is 9.79 Å². The molecule has 9 heteroatoms. The second-order valence-electron chi connectivity index (χ2n) is 4.36. The van der Waals surface area contributed by atoms with E-state index in [4.69, 9.17) is 15.8 Å². The van der Waals surface area contributed by atoms with E-state index < -0.39 is 20.0 Å². The third-order valence-electron chi connectivity index (χ3n) is 2.63. The van der Waals surface area contributed by atoms with Gasteiger partial charge >= 0.3 is 10.1 Å². The SMILES string of the molecule is CS(=O)(=O)c1ccc(S(=O)(=O)Oc2ccc(Br)cc2Cl)cc1. The van der Waals surface area contributed by atoms with E-state index in [-0.39, 0.29) is 20.6 Å². The zero-order valence-corrected chi connectivity index (χ0v) is 15.1. The maximum atomic E-state index is 12.2. The highest BCUT2D eigenvalue weighted by molar-refractivity contribution is 9.10. The Morgan fingerprint density at radius 2 is 1.50 bits per heavy atom. The lowest BCUT2D eigenvalue weighted by molar-refractivity contribution is 0.486. The largest absolute Gasteiger partial charge is 0.377 e. The maximum Gasteiger partial charge on any atom is 0.339 e. The van der Waals surface area contributed by atoms with Crippen LogP contribution >= 0.6 is 27.5 Å². The standard InChI is InChI=1S/C13H10BrClO5S2/c1-21(16,17)10-3-5-11(6-4-10)22(18,19)20-13-7-2-9(14)8-12(13)15/h2-8H,1H3. The van der Waals surface area contributed by atoms with Crippen LogP contribution in [0, 0.1) is 0 Å². The Kier molecular flexibility index (Phi) is 4.86. The third-order valence-corrected chi connectivity index (χ3v) is 5.80. The van der Waals surface area contributed by atoms with Crippen molar-refractivity contribution in [2.75, 3.05) is 6.26 Å². The second-order valence-corrected chi connectivity index (χ2v) is 9.24. The van der Waals surface area contributed by atoms with Gasteiger partial charge in [0.25, 0.3) is 0 Å². The van der Waals surface area contributed by atoms with Gasteiger partial charge in [0.15, 0.2) is 15.6 Å². The van der Waals surface area contributed by atoms with E-state index in [0.29, 0.717) is 4.47 Å². The van der Waals surface area contributed by atoms with Gasteiger partial charge < -0.3 is 4.18 Å². The topological polar surface area (TPSA) is 77.5 Å². The molecule has 0 aromatic heterocycles. The van der Waals surface area contributed by atoms with Crippen LogP contribution in [0.15, 0.2) is 56.7 Å². The number of sulfone groups is 1. The lowest BCUT2D eigenvalue weighted by Gasteiger charge is -2.09. The Morgan fingerprint density at radius 1 is 0.955 bits per heavy atom. The van der Waals surface area contributed by atoms with E-state index in [1.54, 1.807) is 6.07 Å². The molecule has 118 valence electrons. The molecule has 2 aromatic carbocycles. The van der Waals surface area contributed by atoms with Crippen LogP contribution in [0.5, 0.6) is 5.75 Å². The van der Waals surface area contributed by atoms with Crippen molar-refractivity contribution in [1.29, 1.82) is 0 Å². The lowest BCUT2D eigenvalue weighted by atomic mass is 10.3. The molecule has 5 nitrogen and oxygen atoms in total. The van der Waals surface area contributed by atoms with Crippen LogP contribution in [0.2, 0.25) is 5.02 Å². The van der Waals surface area contributed by atoms with Crippen LogP contribution in [0.1, 0.15) is 0 Å². The van der Waals surface area contributed by atoms with E-state index in [0.717, 1.165) is 6.26 Å². The summed E-state index contributed by atoms with van der Waals surface area (Å²) in [5.74, 6) is -0.0166. The molecule has 22 heavy (non-hydrogen) atoms. The van der Waals surface area contributed by atoms with Crippen molar-refractivity contribution in [2.24, 2.45) is 0 Å². The molecule has 0 saturated carbocycles. The zero-order valence-electron chi connectivity index (χ0n) is 11.2. The van der Waals surface area contributed by atoms with Crippen LogP contribution in [-0.4, -0.2) is 23.1 Å². The van der Waals surface area contributed by atoms with Crippen LogP contribution in [0.25, 0.3) is 0 Å². The molecule has 0 bridgehead atoms. The monoisotopic (exact) mass is 424 g/mol. The van der Waals surface area contributed by atoms with Crippen LogP contribution < -0.4 is 4.18 Å². The molecular weight excluding hydrogens is 416 g/mol. The number of halogens is 2. The fraction of sp³-hybridized carbons (Fsp3) is 0.0769. The summed E-state index contributed by atoms with van der Waals surface area (Å²) < 4.78 is 52.7. The van der Waals surface area contributed by atoms with E-state index >= 15 is 0 Å². The Hall–Kier alpha value is -1.09. The molecule has 0 unspecified atom stereocenters. The minimum absolute atomic E-state index is 0.0166. The normalized spacial score (nSPS) is 12.1. The quantitative estimate of drug-likeness (QED) is 0.703. The van der Waals surface area contributed by atoms with Gasteiger partial charge in [-0.2, -0.15) is 8.42 Å². The first-order valence-corrected chi connectivity index (χ1v) is 10.3. The van der Waals surface area contributed by atoms with E-state index in [9.17, 15) is 16.8 Å². The Balaban J connectivity index is 2.34. The zero-order chi connectivity index (χ0) is 16.5. The first-order valence-electron chi connectivity index (χ1n) is 5.79. The minimum Gasteiger partial charge on any atom is -0.377 e. The van der Waals surface area contributed by atoms with Crippen LogP contribution in [0.4, 0.5) is 0 Å². The van der Waals surface area contributed by atoms with Crippen molar-refractivity contribution >= 4 is 47.5 Å². The molecule has 0 aliphatic rings. The third kappa shape index (κ3) is 4.01. The summed E-state index contributed by atoms with van der Waals surface area (Å²) in [6.07, 6.45) is 1.04. The molecule has 0 aliphatic heterocycles. The van der Waals surface area contributed by atoms with Crippen molar-refractivity contribution in [3.63, 3.8) is 0 Å². The molecule has 0 radical (unpaired) electrons. The van der Waals surface area contributed by atoms with Gasteiger partial charge in [0.2, 0.25) is 0 Å². The van der Waals surface area contributed by atoms with E-state index in [1.165, 1.54) is 36.4 Å². The van der Waals surface area contributed by atoms with Gasteiger partial charge in [-0.3, -0.25) is 0 Å². The van der Waals surface area contributed by atoms with Gasteiger partial charge in [0.05, 0.1) is 9.92 Å². The van der Waals surface area contributed by atoms with Crippen molar-refractivity contribution in [3.05, 3.63) is 52.0 Å². The molecule has 0 aliphatic carbocycles. The van der Waals surface area contributed by atoms with Gasteiger partial charge in [0, 0.05) is 10.7 Å². The van der Waals surface area contributed by atoms with Crippen molar-refractivity contribution in [3.8, 4) is 5.75 Å². The molecular formula is C13H10BrClO5S2. The summed E-state index contributed by atoms with van der Waals surface area (Å²) in [6.45, 7) is 0. The highest BCUT2D eigenvalue weighted by Gasteiger charge is 2.19. The summed E-state index contributed by atoms with van der Waals surface area (Å²) >= 11 is 9.11. The van der Waals surface area contributed by atoms with Crippen molar-refractivity contribution in [1.82, 2.24) is 0 Å². The Bertz CT molecular complexity index is 906. The lowest BCUT2D eigenvalue weighted by Crippen LogP contribution is -2.10. The van der Waals surface area contributed by atoms with Gasteiger partial charge in [-0.15, -0.1) is 0 Å². The Morgan fingerprint density at radius 3 is 2.00 bits per heavy atom. The predicted octanol–water partition coefficient (Wildman–Crippen LogP) is 3.27. The smallest absolute Gasteiger partial charge is 0.339 e. The fourth-order valence-electron chi connectivity index (χ4n) is 1.56. The molecule has 0 saturated heterocycles. The average Bonchev–Trinajstić information content (AvgIpc) is 2.41. The first kappa shape index (κ1) is 17.3. The summed E-state index contributed by atoms with van der Waals surface area (Å²) in [5.41, 5.74) is 0. The Labute approximate surface area is 142 Å². The average molecular weight is 426 g/mol. The summed E-state index contributed by atoms with van der Waals surface area (Å²) in [7, 11) is -7.50. The second kappa shape index (κ2) is 6.19. The van der Waals surface area contributed by atoms with Crippen LogP contribution in [-0.2, 0) is 20.0 Å². The predicted molar refractivity (Wildman–Crippen MR) is 86.5 cm³/mol. The molecule has 0 fully saturated rings. The molecule has 0 amide bonds. The first-order chi connectivity index (χ1) is 10.1. The highest BCUT2D eigenvalue weighted by Crippen LogP contribution is 2.30. The molecule has 2 aromatic rings. The van der Waals surface area contributed by atoms with E-state index in [1.807, 2.05) is 0 Å². The summed E-state index contributed by atoms with van der Waals surface area (Å²) in [6, 6.07) is 9.23. The summed E-state index contributed by atoms with van der Waals surface area (Å²) in [5, 5.41) is 0.130. The van der Waals surface area contributed by atoms with Gasteiger partial charge in [-0.1, -0.05) is 27.5 Å². The number of hydrogen-bond acceptors (Lipinski definition) is 5. The highest BCUT2D eigenvalue weighted by atomic mass is 79.9. The van der Waals surface area contributed by atoms with Crippen molar-refractivity contribution < 1.29 is 21.0 Å². The van der Waals surface area contributed by atoms with Gasteiger partial charge in [-0.25, -0.2) is 8.42 Å². The van der Waals surface area contributed by atoms with Crippen LogP contribution in [0.3, 0.4) is 0 Å². The van der Waals surface area contributed by atoms with Gasteiger partial charge in [-0.05, 0) is 42.5 Å². The van der Waals surface area contributed by atoms with E-state index in [2.05, 4.69) is 15.9 Å². The summed E-state index contributed by atoms with van der Waals surface area (Å²) in [4.78, 5) is -0.146. The minimum atomic E-state index is -4.11. The molecule has 0 atom stereocenters.